The van der Waals surface area contributed by atoms with E-state index in [-0.39, 0.29) is 37.3 Å². The molecule has 35 heavy (non-hydrogen) atoms. The van der Waals surface area contributed by atoms with Crippen molar-refractivity contribution in [3.8, 4) is 5.75 Å². The van der Waals surface area contributed by atoms with Crippen molar-refractivity contribution >= 4 is 22.8 Å². The number of rotatable bonds is 8. The molecule has 2 aliphatic rings. The van der Waals surface area contributed by atoms with E-state index in [2.05, 4.69) is 5.32 Å². The summed E-state index contributed by atoms with van der Waals surface area (Å²) in [6.07, 6.45) is 6.37. The molecule has 2 N–H and O–H groups in total. The van der Waals surface area contributed by atoms with Gasteiger partial charge in [-0.2, -0.15) is 0 Å². The third-order valence-corrected chi connectivity index (χ3v) is 7.35. The minimum atomic E-state index is -0.611. The van der Waals surface area contributed by atoms with Crippen LogP contribution in [0.5, 0.6) is 5.75 Å². The maximum Gasteiger partial charge on any atom is 0.336 e. The number of aryl methyl sites for hydroxylation is 2. The molecule has 0 spiro atoms. The Hall–Kier alpha value is -2.87. The number of benzene rings is 1. The van der Waals surface area contributed by atoms with E-state index in [0.29, 0.717) is 42.6 Å². The quantitative estimate of drug-likeness (QED) is 0.558. The largest absolute Gasteiger partial charge is 0.483 e. The first-order chi connectivity index (χ1) is 16.8. The van der Waals surface area contributed by atoms with Crippen molar-refractivity contribution in [3.63, 3.8) is 0 Å². The SMILES string of the molecule is CCCc1cc(=O)oc2cc(C)cc(OCC(=O)NCCC(=O)N3CC[C@@]4(O)CCCC[C@H]4C3)c12. The number of carbonyl (C=O) groups excluding carboxylic acids is 2. The van der Waals surface area contributed by atoms with Crippen LogP contribution in [-0.2, 0) is 16.0 Å². The van der Waals surface area contributed by atoms with Gasteiger partial charge in [-0.1, -0.05) is 26.2 Å². The zero-order valence-electron chi connectivity index (χ0n) is 20.7. The fraction of sp³-hybridized carbons (Fsp3) is 0.593. The number of ether oxygens (including phenoxy) is 1. The van der Waals surface area contributed by atoms with Gasteiger partial charge >= 0.3 is 5.63 Å². The van der Waals surface area contributed by atoms with Crippen LogP contribution >= 0.6 is 0 Å². The van der Waals surface area contributed by atoms with E-state index in [1.54, 1.807) is 6.07 Å². The van der Waals surface area contributed by atoms with Gasteiger partial charge in [0, 0.05) is 38.0 Å². The van der Waals surface area contributed by atoms with Crippen molar-refractivity contribution in [3.05, 3.63) is 39.7 Å². The number of nitrogens with zero attached hydrogens (tertiary/aromatic N) is 1. The van der Waals surface area contributed by atoms with E-state index in [1.807, 2.05) is 24.8 Å². The molecule has 2 atom stereocenters. The molecule has 1 saturated heterocycles. The molecule has 8 nitrogen and oxygen atoms in total. The highest BCUT2D eigenvalue weighted by molar-refractivity contribution is 5.88. The summed E-state index contributed by atoms with van der Waals surface area (Å²) in [6.45, 7) is 5.11. The third kappa shape index (κ3) is 5.86. The topological polar surface area (TPSA) is 109 Å². The normalized spacial score (nSPS) is 22.0. The average Bonchev–Trinajstić information content (AvgIpc) is 2.81. The summed E-state index contributed by atoms with van der Waals surface area (Å²) >= 11 is 0. The van der Waals surface area contributed by atoms with Crippen LogP contribution in [0, 0.1) is 12.8 Å². The number of hydrogen-bond acceptors (Lipinski definition) is 6. The summed E-state index contributed by atoms with van der Waals surface area (Å²) in [5.74, 6) is 0.347. The second kappa shape index (κ2) is 10.8. The molecule has 1 aliphatic heterocycles. The molecule has 8 heteroatoms. The van der Waals surface area contributed by atoms with E-state index >= 15 is 0 Å². The maximum absolute atomic E-state index is 12.7. The standard InChI is InChI=1S/C27H36N2O6/c1-3-6-19-15-25(32)35-22-14-18(2)13-21(26(19)22)34-17-23(30)28-11-8-24(31)29-12-10-27(33)9-5-4-7-20(27)16-29/h13-15,20,33H,3-12,16-17H2,1-2H3,(H,28,30)/t20-,27-/m0/s1. The van der Waals surface area contributed by atoms with Gasteiger partial charge in [0.15, 0.2) is 6.61 Å². The lowest BCUT2D eigenvalue weighted by atomic mass is 9.71. The summed E-state index contributed by atoms with van der Waals surface area (Å²) in [6, 6.07) is 5.11. The van der Waals surface area contributed by atoms with Gasteiger partial charge in [0.25, 0.3) is 5.91 Å². The van der Waals surface area contributed by atoms with Crippen LogP contribution in [0.1, 0.15) is 63.0 Å². The van der Waals surface area contributed by atoms with Gasteiger partial charge in [-0.25, -0.2) is 4.79 Å². The average molecular weight is 485 g/mol. The summed E-state index contributed by atoms with van der Waals surface area (Å²) in [4.78, 5) is 38.9. The molecule has 0 bridgehead atoms. The monoisotopic (exact) mass is 484 g/mol. The summed E-state index contributed by atoms with van der Waals surface area (Å²) < 4.78 is 11.2. The zero-order chi connectivity index (χ0) is 25.0. The Labute approximate surface area is 205 Å². The van der Waals surface area contributed by atoms with E-state index in [1.165, 1.54) is 6.07 Å². The minimum absolute atomic E-state index is 0.00255. The second-order valence-electron chi connectivity index (χ2n) is 10.0. The van der Waals surface area contributed by atoms with Crippen LogP contribution in [0.25, 0.3) is 11.0 Å². The maximum atomic E-state index is 12.7. The molecule has 1 saturated carbocycles. The van der Waals surface area contributed by atoms with Crippen LogP contribution in [0.15, 0.2) is 27.4 Å². The molecular weight excluding hydrogens is 448 g/mol. The smallest absolute Gasteiger partial charge is 0.336 e. The number of amides is 2. The lowest BCUT2D eigenvalue weighted by Crippen LogP contribution is -2.54. The Kier molecular flexibility index (Phi) is 7.79. The lowest BCUT2D eigenvalue weighted by molar-refractivity contribution is -0.143. The van der Waals surface area contributed by atoms with E-state index in [9.17, 15) is 19.5 Å². The molecule has 1 aromatic carbocycles. The highest BCUT2D eigenvalue weighted by atomic mass is 16.5. The number of fused-ring (bicyclic) bond motifs is 2. The molecule has 0 radical (unpaired) electrons. The predicted octanol–water partition coefficient (Wildman–Crippen LogP) is 3.09. The molecule has 1 aliphatic carbocycles. The molecule has 2 aromatic rings. The highest BCUT2D eigenvalue weighted by Crippen LogP contribution is 2.39. The summed E-state index contributed by atoms with van der Waals surface area (Å²) in [5.41, 5.74) is 1.14. The van der Waals surface area contributed by atoms with Crippen LogP contribution in [-0.4, -0.2) is 53.7 Å². The van der Waals surface area contributed by atoms with Gasteiger partial charge in [0.05, 0.1) is 11.0 Å². The Balaban J connectivity index is 1.30. The van der Waals surface area contributed by atoms with Crippen molar-refractivity contribution in [1.29, 1.82) is 0 Å². The van der Waals surface area contributed by atoms with Gasteiger partial charge in [0.1, 0.15) is 11.3 Å². The molecule has 0 unspecified atom stereocenters. The van der Waals surface area contributed by atoms with Crippen LogP contribution in [0.4, 0.5) is 0 Å². The number of hydrogen-bond donors (Lipinski definition) is 2. The molecule has 2 heterocycles. The van der Waals surface area contributed by atoms with Crippen LogP contribution in [0.3, 0.4) is 0 Å². The van der Waals surface area contributed by atoms with Crippen molar-refractivity contribution < 1.29 is 23.8 Å². The number of carbonyl (C=O) groups is 2. The number of nitrogens with one attached hydrogen (secondary N) is 1. The van der Waals surface area contributed by atoms with E-state index in [4.69, 9.17) is 9.15 Å². The van der Waals surface area contributed by atoms with Crippen molar-refractivity contribution in [2.45, 2.75) is 70.8 Å². The first-order valence-electron chi connectivity index (χ1n) is 12.8. The summed E-state index contributed by atoms with van der Waals surface area (Å²) in [5, 5.41) is 14.3. The van der Waals surface area contributed by atoms with Gasteiger partial charge in [-0.15, -0.1) is 0 Å². The number of aliphatic hydroxyl groups is 1. The highest BCUT2D eigenvalue weighted by Gasteiger charge is 2.43. The first kappa shape index (κ1) is 25.2. The van der Waals surface area contributed by atoms with Gasteiger partial charge in [-0.05, 0) is 55.9 Å². The van der Waals surface area contributed by atoms with Crippen LogP contribution < -0.4 is 15.7 Å². The molecular formula is C27H36N2O6. The van der Waals surface area contributed by atoms with Crippen molar-refractivity contribution in [2.75, 3.05) is 26.2 Å². The van der Waals surface area contributed by atoms with Crippen molar-refractivity contribution in [1.82, 2.24) is 10.2 Å². The second-order valence-corrected chi connectivity index (χ2v) is 10.0. The predicted molar refractivity (Wildman–Crippen MR) is 132 cm³/mol. The fourth-order valence-corrected chi connectivity index (χ4v) is 5.51. The third-order valence-electron chi connectivity index (χ3n) is 7.35. The Morgan fingerprint density at radius 3 is 2.89 bits per heavy atom. The van der Waals surface area contributed by atoms with Gasteiger partial charge in [0.2, 0.25) is 5.91 Å². The van der Waals surface area contributed by atoms with Crippen molar-refractivity contribution in [2.24, 2.45) is 5.92 Å². The molecule has 190 valence electrons. The lowest BCUT2D eigenvalue weighted by Gasteiger charge is -2.47. The fourth-order valence-electron chi connectivity index (χ4n) is 5.51. The molecule has 1 aromatic heterocycles. The van der Waals surface area contributed by atoms with Gasteiger partial charge < -0.3 is 24.5 Å². The zero-order valence-corrected chi connectivity index (χ0v) is 20.7. The molecule has 4 rings (SSSR count). The Morgan fingerprint density at radius 2 is 2.09 bits per heavy atom. The summed E-state index contributed by atoms with van der Waals surface area (Å²) in [7, 11) is 0. The Morgan fingerprint density at radius 1 is 1.26 bits per heavy atom. The number of likely N-dealkylation sites (tertiary alicyclic amines) is 1. The van der Waals surface area contributed by atoms with Gasteiger partial charge in [-0.3, -0.25) is 9.59 Å². The van der Waals surface area contributed by atoms with Crippen LogP contribution in [0.2, 0.25) is 0 Å². The molecule has 2 fully saturated rings. The minimum Gasteiger partial charge on any atom is -0.483 e. The van der Waals surface area contributed by atoms with E-state index in [0.717, 1.165) is 43.2 Å². The van der Waals surface area contributed by atoms with E-state index < -0.39 is 11.2 Å². The number of piperidine rings is 1. The molecule has 2 amide bonds. The Bertz CT molecular complexity index is 1140. The first-order valence-corrected chi connectivity index (χ1v) is 12.8.